The van der Waals surface area contributed by atoms with Crippen molar-refractivity contribution in [1.29, 1.82) is 0 Å². The van der Waals surface area contributed by atoms with E-state index in [2.05, 4.69) is 4.98 Å². The minimum absolute atomic E-state index is 0.0144. The van der Waals surface area contributed by atoms with Crippen LogP contribution in [0.15, 0.2) is 35.2 Å². The molecule has 1 aliphatic carbocycles. The van der Waals surface area contributed by atoms with Gasteiger partial charge >= 0.3 is 0 Å². The molecule has 1 aromatic carbocycles. The number of benzene rings is 1. The van der Waals surface area contributed by atoms with E-state index in [4.69, 9.17) is 4.74 Å². The molecule has 0 radical (unpaired) electrons. The lowest BCUT2D eigenvalue weighted by Crippen LogP contribution is -2.50. The normalized spacial score (nSPS) is 20.9. The Morgan fingerprint density at radius 1 is 1.11 bits per heavy atom. The number of rotatable bonds is 6. The van der Waals surface area contributed by atoms with Gasteiger partial charge in [-0.2, -0.15) is 4.31 Å². The summed E-state index contributed by atoms with van der Waals surface area (Å²) in [5.41, 5.74) is -1.09. The second-order valence-electron chi connectivity index (χ2n) is 9.11. The first-order valence-corrected chi connectivity index (χ1v) is 13.1. The maximum absolute atomic E-state index is 14.6. The van der Waals surface area contributed by atoms with E-state index in [0.717, 1.165) is 28.6 Å². The third-order valence-corrected chi connectivity index (χ3v) is 8.84. The van der Waals surface area contributed by atoms with Crippen molar-refractivity contribution in [3.05, 3.63) is 42.0 Å². The molecule has 36 heavy (non-hydrogen) atoms. The van der Waals surface area contributed by atoms with Crippen LogP contribution in [0.2, 0.25) is 0 Å². The minimum Gasteiger partial charge on any atom is -0.481 e. The van der Waals surface area contributed by atoms with Crippen LogP contribution in [0.1, 0.15) is 38.5 Å². The lowest BCUT2D eigenvalue weighted by Gasteiger charge is -2.37. The van der Waals surface area contributed by atoms with Crippen molar-refractivity contribution in [1.82, 2.24) is 14.2 Å². The Morgan fingerprint density at radius 3 is 2.36 bits per heavy atom. The maximum Gasteiger partial charge on any atom is 0.248 e. The van der Waals surface area contributed by atoms with E-state index in [0.29, 0.717) is 6.42 Å². The van der Waals surface area contributed by atoms with Gasteiger partial charge in [-0.3, -0.25) is 4.79 Å². The van der Waals surface area contributed by atoms with E-state index < -0.39 is 61.7 Å². The Balaban J connectivity index is 1.69. The number of methoxy groups -OCH3 is 1. The molecule has 12 heteroatoms. The van der Waals surface area contributed by atoms with Gasteiger partial charge in [-0.25, -0.2) is 31.0 Å². The zero-order valence-corrected chi connectivity index (χ0v) is 20.7. The topological polar surface area (TPSA) is 79.8 Å². The van der Waals surface area contributed by atoms with Crippen LogP contribution in [0.4, 0.5) is 17.6 Å². The molecule has 0 spiro atoms. The Kier molecular flexibility index (Phi) is 7.29. The molecule has 4 rings (SSSR count). The molecule has 7 nitrogen and oxygen atoms in total. The molecule has 2 aliphatic rings. The average Bonchev–Trinajstić information content (AvgIpc) is 3.34. The average molecular weight is 530 g/mol. The van der Waals surface area contributed by atoms with Gasteiger partial charge < -0.3 is 9.64 Å². The Morgan fingerprint density at radius 2 is 1.75 bits per heavy atom. The minimum atomic E-state index is -4.44. The second kappa shape index (κ2) is 9.97. The highest BCUT2D eigenvalue weighted by atomic mass is 32.2. The predicted molar refractivity (Wildman–Crippen MR) is 123 cm³/mol. The molecule has 1 saturated heterocycles. The summed E-state index contributed by atoms with van der Waals surface area (Å²) in [6.45, 7) is 0.0144. The number of halogens is 4. The first-order valence-electron chi connectivity index (χ1n) is 11.6. The molecule has 2 heterocycles. The SMILES string of the molecule is COc1ccc(S(=O)(=O)N2CCC[C@H]2C(=O)N(C)C2CCC(F)(F)CC2)c(-c2c(F)cccc2F)n1. The van der Waals surface area contributed by atoms with Gasteiger partial charge in [-0.15, -0.1) is 0 Å². The van der Waals surface area contributed by atoms with Crippen molar-refractivity contribution >= 4 is 15.9 Å². The van der Waals surface area contributed by atoms with Gasteiger partial charge in [-0.05, 0) is 43.9 Å². The van der Waals surface area contributed by atoms with Crippen LogP contribution in [0.3, 0.4) is 0 Å². The molecule has 2 fully saturated rings. The molecular weight excluding hydrogens is 502 g/mol. The summed E-state index contributed by atoms with van der Waals surface area (Å²) < 4.78 is 90.1. The van der Waals surface area contributed by atoms with Crippen LogP contribution in [-0.4, -0.2) is 67.2 Å². The monoisotopic (exact) mass is 529 g/mol. The summed E-state index contributed by atoms with van der Waals surface area (Å²) in [4.78, 5) is 18.3. The molecule has 0 bridgehead atoms. The highest BCUT2D eigenvalue weighted by Crippen LogP contribution is 2.38. The molecule has 1 saturated carbocycles. The number of pyridine rings is 1. The molecule has 0 N–H and O–H groups in total. The third kappa shape index (κ3) is 4.93. The lowest BCUT2D eigenvalue weighted by molar-refractivity contribution is -0.138. The molecular formula is C24H27F4N3O4S. The number of ether oxygens (including phenoxy) is 1. The van der Waals surface area contributed by atoms with E-state index in [1.165, 1.54) is 25.1 Å². The standard InChI is InChI=1S/C24H27F4N3O4S/c1-30(15-10-12-24(27,28)13-11-15)23(32)18-7-4-14-31(18)36(33,34)19-8-9-20(35-2)29-22(19)21-16(25)5-3-6-17(21)26/h3,5-6,8-9,15,18H,4,7,10-14H2,1-2H3/t18-/m0/s1. The van der Waals surface area contributed by atoms with E-state index in [-0.39, 0.29) is 44.5 Å². The second-order valence-corrected chi connectivity index (χ2v) is 11.0. The van der Waals surface area contributed by atoms with Crippen LogP contribution in [-0.2, 0) is 14.8 Å². The molecule has 1 aromatic heterocycles. The fourth-order valence-electron chi connectivity index (χ4n) is 4.88. The summed E-state index contributed by atoms with van der Waals surface area (Å²) in [5.74, 6) is -5.31. The van der Waals surface area contributed by atoms with Crippen molar-refractivity contribution in [3.63, 3.8) is 0 Å². The largest absolute Gasteiger partial charge is 0.481 e. The van der Waals surface area contributed by atoms with Gasteiger partial charge in [0.2, 0.25) is 27.7 Å². The fraction of sp³-hybridized carbons (Fsp3) is 0.500. The summed E-state index contributed by atoms with van der Waals surface area (Å²) in [6.07, 6.45) is 0.188. The fourth-order valence-corrected chi connectivity index (χ4v) is 6.67. The number of likely N-dealkylation sites (N-methyl/N-ethyl adjacent to an activating group) is 1. The lowest BCUT2D eigenvalue weighted by atomic mass is 9.91. The zero-order chi connectivity index (χ0) is 26.3. The van der Waals surface area contributed by atoms with Gasteiger partial charge in [0.25, 0.3) is 0 Å². The Hall–Kier alpha value is -2.73. The van der Waals surface area contributed by atoms with E-state index in [9.17, 15) is 30.8 Å². The Labute approximate surface area is 207 Å². The van der Waals surface area contributed by atoms with Crippen molar-refractivity contribution in [3.8, 4) is 17.1 Å². The number of nitrogens with zero attached hydrogens (tertiary/aromatic N) is 3. The van der Waals surface area contributed by atoms with Crippen molar-refractivity contribution < 1.29 is 35.5 Å². The van der Waals surface area contributed by atoms with Gasteiger partial charge in [0.15, 0.2) is 0 Å². The summed E-state index contributed by atoms with van der Waals surface area (Å²) in [5, 5.41) is 0. The number of hydrogen-bond donors (Lipinski definition) is 0. The van der Waals surface area contributed by atoms with Gasteiger partial charge in [-0.1, -0.05) is 6.07 Å². The number of carbonyl (C=O) groups excluding carboxylic acids is 1. The smallest absolute Gasteiger partial charge is 0.248 e. The highest BCUT2D eigenvalue weighted by Gasteiger charge is 2.44. The van der Waals surface area contributed by atoms with Crippen LogP contribution >= 0.6 is 0 Å². The number of sulfonamides is 1. The first-order chi connectivity index (χ1) is 17.0. The van der Waals surface area contributed by atoms with Gasteiger partial charge in [0.05, 0.1) is 12.7 Å². The van der Waals surface area contributed by atoms with Crippen molar-refractivity contribution in [2.75, 3.05) is 20.7 Å². The number of carbonyl (C=O) groups is 1. The zero-order valence-electron chi connectivity index (χ0n) is 19.9. The van der Waals surface area contributed by atoms with Gasteiger partial charge in [0.1, 0.15) is 28.3 Å². The van der Waals surface area contributed by atoms with E-state index in [1.54, 1.807) is 0 Å². The summed E-state index contributed by atoms with van der Waals surface area (Å²) >= 11 is 0. The van der Waals surface area contributed by atoms with E-state index >= 15 is 0 Å². The molecule has 1 aliphatic heterocycles. The summed E-state index contributed by atoms with van der Waals surface area (Å²) in [7, 11) is -1.66. The quantitative estimate of drug-likeness (QED) is 0.524. The van der Waals surface area contributed by atoms with Gasteiger partial charge in [0, 0.05) is 38.5 Å². The van der Waals surface area contributed by atoms with E-state index in [1.807, 2.05) is 0 Å². The summed E-state index contributed by atoms with van der Waals surface area (Å²) in [6, 6.07) is 4.04. The highest BCUT2D eigenvalue weighted by molar-refractivity contribution is 7.89. The maximum atomic E-state index is 14.6. The van der Waals surface area contributed by atoms with Crippen LogP contribution in [0.5, 0.6) is 5.88 Å². The number of aromatic nitrogens is 1. The number of hydrogen-bond acceptors (Lipinski definition) is 5. The number of alkyl halides is 2. The molecule has 196 valence electrons. The predicted octanol–water partition coefficient (Wildman–Crippen LogP) is 4.22. The van der Waals surface area contributed by atoms with Crippen LogP contribution in [0, 0.1) is 11.6 Å². The molecule has 1 amide bonds. The first kappa shape index (κ1) is 26.3. The van der Waals surface area contributed by atoms with Crippen LogP contribution in [0.25, 0.3) is 11.3 Å². The number of amides is 1. The van der Waals surface area contributed by atoms with Crippen molar-refractivity contribution in [2.45, 2.75) is 61.4 Å². The van der Waals surface area contributed by atoms with Crippen molar-refractivity contribution in [2.24, 2.45) is 0 Å². The molecule has 2 aromatic rings. The molecule has 0 unspecified atom stereocenters. The molecule has 1 atom stereocenters. The van der Waals surface area contributed by atoms with Crippen LogP contribution < -0.4 is 4.74 Å². The Bertz CT molecular complexity index is 1230. The third-order valence-electron chi connectivity index (χ3n) is 6.90.